The van der Waals surface area contributed by atoms with Gasteiger partial charge in [0, 0.05) is 0 Å². The predicted molar refractivity (Wildman–Crippen MR) is 95.7 cm³/mol. The van der Waals surface area contributed by atoms with E-state index >= 15 is 0 Å². The highest BCUT2D eigenvalue weighted by atomic mass is 16.5. The molecule has 2 aromatic carbocycles. The lowest BCUT2D eigenvalue weighted by atomic mass is 10.00. The van der Waals surface area contributed by atoms with Crippen molar-refractivity contribution in [2.45, 2.75) is 6.92 Å². The third-order valence-corrected chi connectivity index (χ3v) is 4.16. The van der Waals surface area contributed by atoms with Gasteiger partial charge in [-0.3, -0.25) is 0 Å². The number of benzene rings is 2. The van der Waals surface area contributed by atoms with E-state index in [4.69, 9.17) is 14.2 Å². The Morgan fingerprint density at radius 3 is 2.17 bits per heavy atom. The Kier molecular flexibility index (Phi) is 4.21. The zero-order valence-corrected chi connectivity index (χ0v) is 14.2. The quantitative estimate of drug-likeness (QED) is 0.907. The standard InChI is InChI=1S/C20H20O4/c1-12-7-14-11-15(22-2)5-6-16(14)17(12)8-13-9-18(23-3)20(21)19(10-13)24-4/h5-11,21H,1-4H3. The first-order chi connectivity index (χ1) is 11.6. The third-order valence-electron chi connectivity index (χ3n) is 4.16. The van der Waals surface area contributed by atoms with Crippen molar-refractivity contribution < 1.29 is 19.3 Å². The van der Waals surface area contributed by atoms with Crippen LogP contribution in [-0.4, -0.2) is 26.4 Å². The lowest BCUT2D eigenvalue weighted by molar-refractivity contribution is 0.340. The first-order valence-corrected chi connectivity index (χ1v) is 7.61. The van der Waals surface area contributed by atoms with Gasteiger partial charge in [0.25, 0.3) is 0 Å². The molecule has 4 heteroatoms. The monoisotopic (exact) mass is 324 g/mol. The molecule has 24 heavy (non-hydrogen) atoms. The van der Waals surface area contributed by atoms with Gasteiger partial charge in [0.1, 0.15) is 5.75 Å². The van der Waals surface area contributed by atoms with Gasteiger partial charge in [0.2, 0.25) is 5.75 Å². The second-order valence-electron chi connectivity index (χ2n) is 5.61. The SMILES string of the molecule is COc1ccc2c(c1)C=C(C)C2=Cc1cc(OC)c(O)c(OC)c1. The Balaban J connectivity index is 2.09. The summed E-state index contributed by atoms with van der Waals surface area (Å²) in [5.74, 6) is 1.62. The Hall–Kier alpha value is -2.88. The summed E-state index contributed by atoms with van der Waals surface area (Å²) in [5.41, 5.74) is 5.48. The van der Waals surface area contributed by atoms with Crippen molar-refractivity contribution in [3.8, 4) is 23.0 Å². The van der Waals surface area contributed by atoms with E-state index in [1.807, 2.05) is 12.1 Å². The molecule has 0 radical (unpaired) electrons. The maximum Gasteiger partial charge on any atom is 0.200 e. The van der Waals surface area contributed by atoms with E-state index in [0.717, 1.165) is 28.0 Å². The van der Waals surface area contributed by atoms with Gasteiger partial charge in [0.15, 0.2) is 11.5 Å². The van der Waals surface area contributed by atoms with E-state index in [1.165, 1.54) is 19.8 Å². The Morgan fingerprint density at radius 1 is 0.917 bits per heavy atom. The molecule has 0 saturated heterocycles. The Morgan fingerprint density at radius 2 is 1.58 bits per heavy atom. The van der Waals surface area contributed by atoms with Gasteiger partial charge in [-0.25, -0.2) is 0 Å². The summed E-state index contributed by atoms with van der Waals surface area (Å²) in [4.78, 5) is 0. The van der Waals surface area contributed by atoms with Crippen LogP contribution in [0.5, 0.6) is 23.0 Å². The van der Waals surface area contributed by atoms with E-state index < -0.39 is 0 Å². The zero-order valence-electron chi connectivity index (χ0n) is 14.2. The molecule has 0 amide bonds. The fourth-order valence-electron chi connectivity index (χ4n) is 2.91. The molecular weight excluding hydrogens is 304 g/mol. The summed E-state index contributed by atoms with van der Waals surface area (Å²) < 4.78 is 15.7. The van der Waals surface area contributed by atoms with Crippen LogP contribution in [0.25, 0.3) is 17.7 Å². The molecule has 0 saturated carbocycles. The Labute approximate surface area is 141 Å². The molecule has 0 fully saturated rings. The van der Waals surface area contributed by atoms with Crippen molar-refractivity contribution in [1.82, 2.24) is 0 Å². The van der Waals surface area contributed by atoms with E-state index in [0.29, 0.717) is 11.5 Å². The van der Waals surface area contributed by atoms with Crippen LogP contribution in [0.3, 0.4) is 0 Å². The molecular formula is C20H20O4. The molecule has 0 aliphatic heterocycles. The first kappa shape index (κ1) is 16.0. The van der Waals surface area contributed by atoms with Crippen LogP contribution in [0.15, 0.2) is 35.9 Å². The van der Waals surface area contributed by atoms with Crippen molar-refractivity contribution in [2.24, 2.45) is 0 Å². The van der Waals surface area contributed by atoms with Gasteiger partial charge >= 0.3 is 0 Å². The molecule has 0 spiro atoms. The molecule has 2 aromatic rings. The van der Waals surface area contributed by atoms with Gasteiger partial charge in [-0.05, 0) is 65.1 Å². The van der Waals surface area contributed by atoms with Crippen LogP contribution in [0.2, 0.25) is 0 Å². The average molecular weight is 324 g/mol. The molecule has 124 valence electrons. The average Bonchev–Trinajstić information content (AvgIpc) is 2.90. The molecule has 1 aliphatic rings. The minimum absolute atomic E-state index is 0.00553. The summed E-state index contributed by atoms with van der Waals surface area (Å²) in [6.45, 7) is 2.08. The highest BCUT2D eigenvalue weighted by Crippen LogP contribution is 2.41. The van der Waals surface area contributed by atoms with E-state index in [2.05, 4.69) is 25.1 Å². The number of allylic oxidation sites excluding steroid dienone is 2. The van der Waals surface area contributed by atoms with Crippen molar-refractivity contribution in [2.75, 3.05) is 21.3 Å². The lowest BCUT2D eigenvalue weighted by Crippen LogP contribution is -1.91. The smallest absolute Gasteiger partial charge is 0.200 e. The molecule has 0 atom stereocenters. The summed E-state index contributed by atoms with van der Waals surface area (Å²) in [7, 11) is 4.71. The van der Waals surface area contributed by atoms with Crippen molar-refractivity contribution in [3.63, 3.8) is 0 Å². The first-order valence-electron chi connectivity index (χ1n) is 7.61. The van der Waals surface area contributed by atoms with Gasteiger partial charge in [-0.2, -0.15) is 0 Å². The van der Waals surface area contributed by atoms with E-state index in [1.54, 1.807) is 19.2 Å². The minimum atomic E-state index is 0.00553. The van der Waals surface area contributed by atoms with Crippen LogP contribution < -0.4 is 14.2 Å². The number of methoxy groups -OCH3 is 3. The highest BCUT2D eigenvalue weighted by Gasteiger charge is 2.17. The highest BCUT2D eigenvalue weighted by molar-refractivity contribution is 6.01. The fraction of sp³-hybridized carbons (Fsp3) is 0.200. The van der Waals surface area contributed by atoms with E-state index in [-0.39, 0.29) is 5.75 Å². The van der Waals surface area contributed by atoms with Gasteiger partial charge in [-0.15, -0.1) is 0 Å². The largest absolute Gasteiger partial charge is 0.502 e. The van der Waals surface area contributed by atoms with Crippen LogP contribution in [0.4, 0.5) is 0 Å². The fourth-order valence-corrected chi connectivity index (χ4v) is 2.91. The summed E-state index contributed by atoms with van der Waals surface area (Å²) in [6.07, 6.45) is 4.20. The summed E-state index contributed by atoms with van der Waals surface area (Å²) in [5, 5.41) is 10.0. The third kappa shape index (κ3) is 2.71. The van der Waals surface area contributed by atoms with Crippen LogP contribution >= 0.6 is 0 Å². The number of ether oxygens (including phenoxy) is 3. The molecule has 4 nitrogen and oxygen atoms in total. The second-order valence-corrected chi connectivity index (χ2v) is 5.61. The maximum atomic E-state index is 10.0. The molecule has 0 bridgehead atoms. The van der Waals surface area contributed by atoms with E-state index in [9.17, 15) is 5.11 Å². The van der Waals surface area contributed by atoms with Gasteiger partial charge in [0.05, 0.1) is 21.3 Å². The summed E-state index contributed by atoms with van der Waals surface area (Å²) >= 11 is 0. The summed E-state index contributed by atoms with van der Waals surface area (Å²) in [6, 6.07) is 9.62. The number of fused-ring (bicyclic) bond motifs is 1. The predicted octanol–water partition coefficient (Wildman–Crippen LogP) is 4.38. The molecule has 0 heterocycles. The second kappa shape index (κ2) is 6.32. The molecule has 1 N–H and O–H groups in total. The van der Waals surface area contributed by atoms with Crippen molar-refractivity contribution in [1.29, 1.82) is 0 Å². The Bertz CT molecular complexity index is 822. The molecule has 3 rings (SSSR count). The minimum Gasteiger partial charge on any atom is -0.502 e. The number of phenolic OH excluding ortho intramolecular Hbond substituents is 1. The van der Waals surface area contributed by atoms with Crippen molar-refractivity contribution in [3.05, 3.63) is 52.6 Å². The number of hydrogen-bond acceptors (Lipinski definition) is 4. The number of aromatic hydroxyl groups is 1. The number of hydrogen-bond donors (Lipinski definition) is 1. The zero-order chi connectivity index (χ0) is 17.3. The lowest BCUT2D eigenvalue weighted by Gasteiger charge is -2.11. The number of rotatable bonds is 4. The van der Waals surface area contributed by atoms with Crippen LogP contribution in [0.1, 0.15) is 23.6 Å². The van der Waals surface area contributed by atoms with Crippen LogP contribution in [-0.2, 0) is 0 Å². The molecule has 0 unspecified atom stereocenters. The van der Waals surface area contributed by atoms with Gasteiger partial charge in [-0.1, -0.05) is 12.1 Å². The topological polar surface area (TPSA) is 47.9 Å². The number of phenols is 1. The van der Waals surface area contributed by atoms with Gasteiger partial charge < -0.3 is 19.3 Å². The maximum absolute atomic E-state index is 10.0. The molecule has 1 aliphatic carbocycles. The normalized spacial score (nSPS) is 14.3. The van der Waals surface area contributed by atoms with Crippen molar-refractivity contribution >= 4 is 17.7 Å². The molecule has 0 aromatic heterocycles. The van der Waals surface area contributed by atoms with Crippen LogP contribution in [0, 0.1) is 0 Å².